The van der Waals surface area contributed by atoms with Gasteiger partial charge in [-0.15, -0.1) is 0 Å². The van der Waals surface area contributed by atoms with E-state index in [1.165, 1.54) is 30.4 Å². The van der Waals surface area contributed by atoms with Gasteiger partial charge in [0.2, 0.25) is 0 Å². The van der Waals surface area contributed by atoms with Crippen molar-refractivity contribution in [3.8, 4) is 5.75 Å². The molecule has 0 bridgehead atoms. The minimum absolute atomic E-state index is 0.0150. The van der Waals surface area contributed by atoms with Crippen LogP contribution in [0.5, 0.6) is 5.75 Å². The minimum atomic E-state index is 0.0150. The minimum Gasteiger partial charge on any atom is -0.497 e. The molecule has 1 fully saturated rings. The van der Waals surface area contributed by atoms with Gasteiger partial charge in [-0.3, -0.25) is 4.90 Å². The molecule has 3 heteroatoms. The van der Waals surface area contributed by atoms with Gasteiger partial charge in [-0.2, -0.15) is 0 Å². The molecule has 1 aromatic carbocycles. The fourth-order valence-electron chi connectivity index (χ4n) is 4.19. The third kappa shape index (κ3) is 2.36. The summed E-state index contributed by atoms with van der Waals surface area (Å²) in [7, 11) is 1.74. The molecule has 21 heavy (non-hydrogen) atoms. The molecule has 1 aromatic rings. The van der Waals surface area contributed by atoms with E-state index in [0.29, 0.717) is 6.54 Å². The van der Waals surface area contributed by atoms with E-state index < -0.39 is 0 Å². The molecular formula is C18H28N2O. The van der Waals surface area contributed by atoms with Crippen molar-refractivity contribution in [3.63, 3.8) is 0 Å². The van der Waals surface area contributed by atoms with E-state index in [-0.39, 0.29) is 5.54 Å². The number of hydrogen-bond acceptors (Lipinski definition) is 3. The van der Waals surface area contributed by atoms with E-state index in [1.807, 2.05) is 0 Å². The molecule has 3 nitrogen and oxygen atoms in total. The molecular weight excluding hydrogens is 260 g/mol. The average molecular weight is 288 g/mol. The molecule has 1 heterocycles. The number of likely N-dealkylation sites (tertiary alicyclic amines) is 1. The van der Waals surface area contributed by atoms with Crippen molar-refractivity contribution in [2.45, 2.75) is 38.6 Å². The van der Waals surface area contributed by atoms with Crippen LogP contribution in [0.25, 0.3) is 0 Å². The topological polar surface area (TPSA) is 38.5 Å². The molecule has 0 aromatic heterocycles. The highest BCUT2D eigenvalue weighted by atomic mass is 16.5. The van der Waals surface area contributed by atoms with Gasteiger partial charge in [0.15, 0.2) is 0 Å². The number of methoxy groups -OCH3 is 1. The van der Waals surface area contributed by atoms with Gasteiger partial charge in [0.1, 0.15) is 5.75 Å². The van der Waals surface area contributed by atoms with Crippen LogP contribution in [0.3, 0.4) is 0 Å². The summed E-state index contributed by atoms with van der Waals surface area (Å²) in [6.07, 6.45) is 3.57. The maximum absolute atomic E-state index is 6.33. The summed E-state index contributed by atoms with van der Waals surface area (Å²) in [5.41, 5.74) is 9.22. The van der Waals surface area contributed by atoms with Crippen LogP contribution in [0.15, 0.2) is 18.2 Å². The smallest absolute Gasteiger partial charge is 0.119 e. The zero-order valence-corrected chi connectivity index (χ0v) is 13.6. The Morgan fingerprint density at radius 1 is 1.29 bits per heavy atom. The molecule has 3 rings (SSSR count). The second kappa shape index (κ2) is 5.62. The van der Waals surface area contributed by atoms with Crippen LogP contribution in [0.4, 0.5) is 0 Å². The van der Waals surface area contributed by atoms with Crippen LogP contribution in [0.2, 0.25) is 0 Å². The third-order valence-electron chi connectivity index (χ3n) is 5.79. The Bertz CT molecular complexity index is 506. The number of rotatable bonds is 3. The molecule has 0 radical (unpaired) electrons. The number of hydrogen-bond donors (Lipinski definition) is 1. The Morgan fingerprint density at radius 3 is 2.62 bits per heavy atom. The summed E-state index contributed by atoms with van der Waals surface area (Å²) in [5.74, 6) is 2.46. The van der Waals surface area contributed by atoms with Crippen LogP contribution in [0.1, 0.15) is 37.8 Å². The van der Waals surface area contributed by atoms with Crippen LogP contribution < -0.4 is 10.5 Å². The van der Waals surface area contributed by atoms with Crippen LogP contribution >= 0.6 is 0 Å². The van der Waals surface area contributed by atoms with Gasteiger partial charge in [0.05, 0.1) is 12.6 Å². The lowest BCUT2D eigenvalue weighted by atomic mass is 9.75. The van der Waals surface area contributed by atoms with E-state index in [0.717, 1.165) is 30.7 Å². The van der Waals surface area contributed by atoms with E-state index >= 15 is 0 Å². The number of nitrogens with two attached hydrogens (primary N) is 1. The lowest BCUT2D eigenvalue weighted by Crippen LogP contribution is -2.52. The van der Waals surface area contributed by atoms with Crippen molar-refractivity contribution in [2.24, 2.45) is 17.6 Å². The normalized spacial score (nSPS) is 33.0. The summed E-state index contributed by atoms with van der Waals surface area (Å²) in [4.78, 5) is 2.65. The van der Waals surface area contributed by atoms with Gasteiger partial charge in [-0.1, -0.05) is 19.9 Å². The highest BCUT2D eigenvalue weighted by molar-refractivity contribution is 5.42. The Kier molecular flexibility index (Phi) is 3.98. The number of ether oxygens (including phenoxy) is 1. The van der Waals surface area contributed by atoms with Crippen LogP contribution in [0, 0.1) is 11.8 Å². The Morgan fingerprint density at radius 2 is 2.00 bits per heavy atom. The summed E-state index contributed by atoms with van der Waals surface area (Å²) in [5, 5.41) is 0. The maximum atomic E-state index is 6.33. The molecule has 1 saturated heterocycles. The van der Waals surface area contributed by atoms with Gasteiger partial charge >= 0.3 is 0 Å². The van der Waals surface area contributed by atoms with Crippen molar-refractivity contribution < 1.29 is 4.74 Å². The molecule has 1 aliphatic heterocycles. The van der Waals surface area contributed by atoms with Crippen molar-refractivity contribution in [1.82, 2.24) is 4.90 Å². The average Bonchev–Trinajstić information content (AvgIpc) is 2.85. The molecule has 2 N–H and O–H groups in total. The van der Waals surface area contributed by atoms with E-state index in [1.54, 1.807) is 7.11 Å². The van der Waals surface area contributed by atoms with Crippen LogP contribution in [-0.2, 0) is 12.0 Å². The van der Waals surface area contributed by atoms with E-state index in [4.69, 9.17) is 10.5 Å². The summed E-state index contributed by atoms with van der Waals surface area (Å²) < 4.78 is 5.46. The van der Waals surface area contributed by atoms with Crippen molar-refractivity contribution in [2.75, 3.05) is 26.7 Å². The Labute approximate surface area is 128 Å². The summed E-state index contributed by atoms with van der Waals surface area (Å²) >= 11 is 0. The molecule has 116 valence electrons. The molecule has 0 saturated carbocycles. The van der Waals surface area contributed by atoms with Gasteiger partial charge in [-0.25, -0.2) is 0 Å². The second-order valence-electron chi connectivity index (χ2n) is 6.97. The zero-order valence-electron chi connectivity index (χ0n) is 13.6. The Hall–Kier alpha value is -1.06. The van der Waals surface area contributed by atoms with Gasteiger partial charge in [0, 0.05) is 19.6 Å². The van der Waals surface area contributed by atoms with Gasteiger partial charge in [-0.05, 0) is 54.4 Å². The predicted octanol–water partition coefficient (Wildman–Crippen LogP) is 2.77. The van der Waals surface area contributed by atoms with Crippen molar-refractivity contribution in [1.29, 1.82) is 0 Å². The number of aryl methyl sites for hydroxylation is 1. The van der Waals surface area contributed by atoms with E-state index in [2.05, 4.69) is 36.9 Å². The lowest BCUT2D eigenvalue weighted by Gasteiger charge is -2.45. The van der Waals surface area contributed by atoms with E-state index in [9.17, 15) is 0 Å². The highest BCUT2D eigenvalue weighted by Gasteiger charge is 2.44. The van der Waals surface area contributed by atoms with Crippen molar-refractivity contribution >= 4 is 0 Å². The zero-order chi connectivity index (χ0) is 15.0. The third-order valence-corrected chi connectivity index (χ3v) is 5.79. The molecule has 0 spiro atoms. The second-order valence-corrected chi connectivity index (χ2v) is 6.97. The summed E-state index contributed by atoms with van der Waals surface area (Å²) in [6.45, 7) is 7.75. The molecule has 1 aliphatic carbocycles. The lowest BCUT2D eigenvalue weighted by molar-refractivity contribution is 0.0952. The first-order valence-electron chi connectivity index (χ1n) is 8.23. The monoisotopic (exact) mass is 288 g/mol. The van der Waals surface area contributed by atoms with Crippen LogP contribution in [-0.4, -0.2) is 31.6 Å². The maximum Gasteiger partial charge on any atom is 0.119 e. The standard InChI is InChI=1S/C18H28N2O/c1-13-10-20(11-14(13)2)18(12-19)8-4-5-15-6-7-16(21-3)9-17(15)18/h6-7,9,13-14H,4-5,8,10-12,19H2,1-3H3. The molecule has 2 aliphatic rings. The van der Waals surface area contributed by atoms with Crippen molar-refractivity contribution in [3.05, 3.63) is 29.3 Å². The Balaban J connectivity index is 2.04. The molecule has 0 amide bonds. The number of fused-ring (bicyclic) bond motifs is 1. The largest absolute Gasteiger partial charge is 0.497 e. The first-order chi connectivity index (χ1) is 10.1. The first kappa shape index (κ1) is 14.9. The quantitative estimate of drug-likeness (QED) is 0.929. The molecule has 3 unspecified atom stereocenters. The first-order valence-corrected chi connectivity index (χ1v) is 8.23. The summed E-state index contributed by atoms with van der Waals surface area (Å²) in [6, 6.07) is 6.55. The fraction of sp³-hybridized carbons (Fsp3) is 0.667. The molecule has 3 atom stereocenters. The number of benzene rings is 1. The highest BCUT2D eigenvalue weighted by Crippen LogP contribution is 2.44. The predicted molar refractivity (Wildman–Crippen MR) is 86.6 cm³/mol. The van der Waals surface area contributed by atoms with Gasteiger partial charge in [0.25, 0.3) is 0 Å². The SMILES string of the molecule is COc1ccc2c(c1)C(CN)(N1CC(C)C(C)C1)CCC2. The van der Waals surface area contributed by atoms with Gasteiger partial charge < -0.3 is 10.5 Å². The fourth-order valence-corrected chi connectivity index (χ4v) is 4.19. The number of nitrogens with zero attached hydrogens (tertiary/aromatic N) is 1.